The minimum atomic E-state index is -0.125. The second-order valence-corrected chi connectivity index (χ2v) is 5.90. The minimum Gasteiger partial charge on any atom is -0.469 e. The fourth-order valence-electron chi connectivity index (χ4n) is 2.03. The second kappa shape index (κ2) is 6.70. The summed E-state index contributed by atoms with van der Waals surface area (Å²) in [6.07, 6.45) is 1.57. The smallest absolute Gasteiger partial charge is 0.277 e. The highest BCUT2D eigenvalue weighted by Crippen LogP contribution is 2.26. The van der Waals surface area contributed by atoms with Crippen LogP contribution in [0.5, 0.6) is 0 Å². The van der Waals surface area contributed by atoms with Crippen LogP contribution in [0.3, 0.4) is 0 Å². The van der Waals surface area contributed by atoms with Gasteiger partial charge < -0.3 is 14.2 Å². The van der Waals surface area contributed by atoms with Crippen LogP contribution < -0.4 is 5.32 Å². The summed E-state index contributed by atoms with van der Waals surface area (Å²) in [5.74, 6) is 1.17. The van der Waals surface area contributed by atoms with Gasteiger partial charge in [0.25, 0.3) is 11.1 Å². The highest BCUT2D eigenvalue weighted by atomic mass is 32.2. The third-order valence-electron chi connectivity index (χ3n) is 3.12. The highest BCUT2D eigenvalue weighted by molar-refractivity contribution is 7.99. The molecule has 23 heavy (non-hydrogen) atoms. The van der Waals surface area contributed by atoms with E-state index in [0.717, 1.165) is 16.8 Å². The van der Waals surface area contributed by atoms with Gasteiger partial charge in [0.2, 0.25) is 5.91 Å². The number of aryl methyl sites for hydroxylation is 2. The molecule has 0 bridgehead atoms. The lowest BCUT2D eigenvalue weighted by atomic mass is 10.2. The number of aromatic nitrogens is 2. The summed E-state index contributed by atoms with van der Waals surface area (Å²) in [4.78, 5) is 11.9. The van der Waals surface area contributed by atoms with Gasteiger partial charge in [-0.3, -0.25) is 4.79 Å². The molecule has 2 aromatic heterocycles. The zero-order chi connectivity index (χ0) is 16.2. The summed E-state index contributed by atoms with van der Waals surface area (Å²) in [6.45, 7) is 3.80. The number of anilines is 1. The van der Waals surface area contributed by atoms with Crippen LogP contribution >= 0.6 is 11.8 Å². The van der Waals surface area contributed by atoms with E-state index in [0.29, 0.717) is 16.9 Å². The van der Waals surface area contributed by atoms with Gasteiger partial charge in [-0.2, -0.15) is 0 Å². The van der Waals surface area contributed by atoms with Gasteiger partial charge in [-0.25, -0.2) is 0 Å². The Labute approximate surface area is 137 Å². The molecule has 0 fully saturated rings. The number of nitrogens with one attached hydrogen (secondary N) is 1. The summed E-state index contributed by atoms with van der Waals surface area (Å²) in [6, 6.07) is 9.40. The Morgan fingerprint density at radius 3 is 2.87 bits per heavy atom. The Kier molecular flexibility index (Phi) is 4.47. The molecule has 2 heterocycles. The molecule has 0 spiro atoms. The molecule has 1 aromatic carbocycles. The molecule has 118 valence electrons. The first kappa shape index (κ1) is 15.4. The number of benzene rings is 1. The van der Waals surface area contributed by atoms with Crippen molar-refractivity contribution >= 4 is 23.4 Å². The number of rotatable bonds is 5. The van der Waals surface area contributed by atoms with Gasteiger partial charge in [-0.05, 0) is 37.6 Å². The molecule has 0 unspecified atom stereocenters. The molecule has 3 rings (SSSR count). The number of nitrogens with zero attached hydrogens (tertiary/aromatic N) is 2. The number of hydrogen-bond acceptors (Lipinski definition) is 6. The molecule has 0 aliphatic carbocycles. The topological polar surface area (TPSA) is 81.2 Å². The average Bonchev–Trinajstić information content (AvgIpc) is 3.13. The number of amides is 1. The molecule has 0 saturated heterocycles. The van der Waals surface area contributed by atoms with Gasteiger partial charge in [0.15, 0.2) is 0 Å². The van der Waals surface area contributed by atoms with Gasteiger partial charge in [-0.15, -0.1) is 10.2 Å². The third-order valence-corrected chi connectivity index (χ3v) is 3.94. The van der Waals surface area contributed by atoms with E-state index in [9.17, 15) is 4.79 Å². The molecule has 1 amide bonds. The Morgan fingerprint density at radius 1 is 1.26 bits per heavy atom. The van der Waals surface area contributed by atoms with Gasteiger partial charge >= 0.3 is 0 Å². The molecular weight excluding hydrogens is 314 g/mol. The lowest BCUT2D eigenvalue weighted by Gasteiger charge is -2.04. The van der Waals surface area contributed by atoms with Crippen molar-refractivity contribution in [2.75, 3.05) is 11.1 Å². The van der Waals surface area contributed by atoms with Crippen molar-refractivity contribution in [3.05, 3.63) is 47.9 Å². The van der Waals surface area contributed by atoms with Crippen molar-refractivity contribution in [1.82, 2.24) is 10.2 Å². The van der Waals surface area contributed by atoms with Crippen LogP contribution in [0.1, 0.15) is 11.3 Å². The van der Waals surface area contributed by atoms with Crippen molar-refractivity contribution in [1.29, 1.82) is 0 Å². The van der Waals surface area contributed by atoms with Gasteiger partial charge in [0.1, 0.15) is 5.76 Å². The summed E-state index contributed by atoms with van der Waals surface area (Å²) in [5.41, 5.74) is 2.62. The maximum absolute atomic E-state index is 11.9. The van der Waals surface area contributed by atoms with Crippen LogP contribution in [0.2, 0.25) is 0 Å². The second-order valence-electron chi connectivity index (χ2n) is 4.97. The largest absolute Gasteiger partial charge is 0.469 e. The SMILES string of the molecule is Cc1cccc(NC(=O)CSc2nnc(-c3ccoc3C)o2)c1. The summed E-state index contributed by atoms with van der Waals surface area (Å²) < 4.78 is 10.7. The summed E-state index contributed by atoms with van der Waals surface area (Å²) in [7, 11) is 0. The first-order valence-electron chi connectivity index (χ1n) is 6.99. The van der Waals surface area contributed by atoms with Crippen LogP contribution in [0.4, 0.5) is 5.69 Å². The van der Waals surface area contributed by atoms with Crippen molar-refractivity contribution in [3.8, 4) is 11.5 Å². The van der Waals surface area contributed by atoms with E-state index < -0.39 is 0 Å². The fraction of sp³-hybridized carbons (Fsp3) is 0.188. The normalized spacial score (nSPS) is 10.7. The van der Waals surface area contributed by atoms with E-state index in [1.165, 1.54) is 11.8 Å². The number of furan rings is 1. The molecular formula is C16H15N3O3S. The number of carbonyl (C=O) groups is 1. The maximum Gasteiger partial charge on any atom is 0.277 e. The quantitative estimate of drug-likeness (QED) is 0.719. The maximum atomic E-state index is 11.9. The predicted molar refractivity (Wildman–Crippen MR) is 87.3 cm³/mol. The zero-order valence-electron chi connectivity index (χ0n) is 12.7. The van der Waals surface area contributed by atoms with Crippen molar-refractivity contribution in [2.24, 2.45) is 0 Å². The van der Waals surface area contributed by atoms with E-state index in [-0.39, 0.29) is 11.7 Å². The third kappa shape index (κ3) is 3.81. The first-order valence-corrected chi connectivity index (χ1v) is 7.97. The molecule has 0 aliphatic heterocycles. The van der Waals surface area contributed by atoms with Gasteiger partial charge in [0, 0.05) is 5.69 Å². The van der Waals surface area contributed by atoms with Crippen LogP contribution in [0.25, 0.3) is 11.5 Å². The number of carbonyl (C=O) groups excluding carboxylic acids is 1. The standard InChI is InChI=1S/C16H15N3O3S/c1-10-4-3-5-12(8-10)17-14(20)9-23-16-19-18-15(22-16)13-6-7-21-11(13)2/h3-8H,9H2,1-2H3,(H,17,20). The monoisotopic (exact) mass is 329 g/mol. The van der Waals surface area contributed by atoms with Crippen LogP contribution in [0.15, 0.2) is 50.7 Å². The molecule has 0 radical (unpaired) electrons. The molecule has 0 aliphatic rings. The van der Waals surface area contributed by atoms with Crippen molar-refractivity contribution in [3.63, 3.8) is 0 Å². The zero-order valence-corrected chi connectivity index (χ0v) is 13.5. The molecule has 0 atom stereocenters. The average molecular weight is 329 g/mol. The van der Waals surface area contributed by atoms with Crippen LogP contribution in [-0.4, -0.2) is 21.9 Å². The highest BCUT2D eigenvalue weighted by Gasteiger charge is 2.14. The van der Waals surface area contributed by atoms with Crippen molar-refractivity contribution < 1.29 is 13.6 Å². The van der Waals surface area contributed by atoms with Gasteiger partial charge in [0.05, 0.1) is 17.6 Å². The Hall–Kier alpha value is -2.54. The first-order chi connectivity index (χ1) is 11.1. The van der Waals surface area contributed by atoms with Crippen molar-refractivity contribution in [2.45, 2.75) is 19.1 Å². The van der Waals surface area contributed by atoms with E-state index in [1.807, 2.05) is 38.1 Å². The molecule has 1 N–H and O–H groups in total. The number of thioether (sulfide) groups is 1. The fourth-order valence-corrected chi connectivity index (χ4v) is 2.59. The predicted octanol–water partition coefficient (Wildman–Crippen LogP) is 3.68. The molecule has 0 saturated carbocycles. The van der Waals surface area contributed by atoms with Gasteiger partial charge in [-0.1, -0.05) is 23.9 Å². The molecule has 6 nitrogen and oxygen atoms in total. The van der Waals surface area contributed by atoms with E-state index in [1.54, 1.807) is 12.3 Å². The summed E-state index contributed by atoms with van der Waals surface area (Å²) in [5, 5.41) is 11.1. The van der Waals surface area contributed by atoms with E-state index >= 15 is 0 Å². The van der Waals surface area contributed by atoms with Crippen LogP contribution in [-0.2, 0) is 4.79 Å². The summed E-state index contributed by atoms with van der Waals surface area (Å²) >= 11 is 1.19. The lowest BCUT2D eigenvalue weighted by Crippen LogP contribution is -2.13. The minimum absolute atomic E-state index is 0.125. The molecule has 3 aromatic rings. The molecule has 7 heteroatoms. The van der Waals surface area contributed by atoms with E-state index in [2.05, 4.69) is 15.5 Å². The Morgan fingerprint density at radius 2 is 2.13 bits per heavy atom. The Bertz CT molecular complexity index is 825. The Balaban J connectivity index is 1.57. The van der Waals surface area contributed by atoms with Crippen LogP contribution in [0, 0.1) is 13.8 Å². The number of hydrogen-bond donors (Lipinski definition) is 1. The van der Waals surface area contributed by atoms with E-state index in [4.69, 9.17) is 8.83 Å². The lowest BCUT2D eigenvalue weighted by molar-refractivity contribution is -0.113.